The average Bonchev–Trinajstić information content (AvgIpc) is 2.97. The van der Waals surface area contributed by atoms with Crippen LogP contribution in [0.25, 0.3) is 33.4 Å². The van der Waals surface area contributed by atoms with Crippen LogP contribution in [-0.2, 0) is 16.1 Å². The fourth-order valence-corrected chi connectivity index (χ4v) is 5.55. The summed E-state index contributed by atoms with van der Waals surface area (Å²) < 4.78 is 0. The number of fused-ring (bicyclic) bond motifs is 1. The average molecular weight is 541 g/mol. The molecule has 2 N–H and O–H groups in total. The summed E-state index contributed by atoms with van der Waals surface area (Å²) in [6, 6.07) is 21.2. The van der Waals surface area contributed by atoms with Crippen LogP contribution in [0.5, 0.6) is 0 Å². The summed E-state index contributed by atoms with van der Waals surface area (Å²) in [5, 5.41) is 1.62. The molecule has 1 saturated heterocycles. The molecule has 2 aromatic carbocycles. The largest absolute Gasteiger partial charge is 0.369 e. The van der Waals surface area contributed by atoms with Gasteiger partial charge in [-0.25, -0.2) is 15.0 Å². The highest BCUT2D eigenvalue weighted by Gasteiger charge is 2.25. The molecule has 1 aliphatic heterocycles. The lowest BCUT2D eigenvalue weighted by molar-refractivity contribution is -0.120. The number of thioether (sulfide) groups is 1. The van der Waals surface area contributed by atoms with Gasteiger partial charge in [-0.05, 0) is 49.4 Å². The normalized spacial score (nSPS) is 14.6. The molecule has 0 saturated carbocycles. The first-order valence-electron chi connectivity index (χ1n) is 13.1. The van der Waals surface area contributed by atoms with E-state index in [-0.39, 0.29) is 19.1 Å². The van der Waals surface area contributed by atoms with Gasteiger partial charge in [0.2, 0.25) is 5.91 Å². The summed E-state index contributed by atoms with van der Waals surface area (Å²) in [6.07, 6.45) is 6.46. The highest BCUT2D eigenvalue weighted by Crippen LogP contribution is 2.33. The molecule has 4 aromatic rings. The van der Waals surface area contributed by atoms with E-state index in [4.69, 9.17) is 10.7 Å². The summed E-state index contributed by atoms with van der Waals surface area (Å²) in [7, 11) is 0. The molecule has 39 heavy (non-hydrogen) atoms. The molecule has 0 unspecified atom stereocenters. The van der Waals surface area contributed by atoms with E-state index in [0.717, 1.165) is 66.5 Å². The molecule has 0 aliphatic carbocycles. The van der Waals surface area contributed by atoms with Crippen molar-refractivity contribution in [2.75, 3.05) is 32.4 Å². The maximum Gasteiger partial charge on any atom is 0.231 e. The second-order valence-electron chi connectivity index (χ2n) is 9.79. The second-order valence-corrected chi connectivity index (χ2v) is 10.6. The van der Waals surface area contributed by atoms with Crippen LogP contribution in [0.4, 0.5) is 0 Å². The number of amides is 1. The van der Waals surface area contributed by atoms with Crippen molar-refractivity contribution in [1.82, 2.24) is 24.8 Å². The summed E-state index contributed by atoms with van der Waals surface area (Å²) >= 11 is 1.51. The van der Waals surface area contributed by atoms with Crippen LogP contribution in [0.3, 0.4) is 0 Å². The third-order valence-electron chi connectivity index (χ3n) is 7.19. The van der Waals surface area contributed by atoms with Gasteiger partial charge in [0.1, 0.15) is 6.29 Å². The molecule has 1 amide bonds. The first kappa shape index (κ1) is 26.9. The molecule has 200 valence electrons. The van der Waals surface area contributed by atoms with Crippen molar-refractivity contribution in [3.05, 3.63) is 72.4 Å². The van der Waals surface area contributed by atoms with Crippen LogP contribution >= 0.6 is 11.8 Å². The van der Waals surface area contributed by atoms with Crippen molar-refractivity contribution in [3.63, 3.8) is 0 Å². The van der Waals surface area contributed by atoms with Crippen molar-refractivity contribution in [2.24, 2.45) is 5.73 Å². The fraction of sp³-hybridized carbons (Fsp3) is 0.300. The molecule has 3 heterocycles. The Bertz CT molecular complexity index is 1440. The molecule has 1 aliphatic rings. The van der Waals surface area contributed by atoms with Gasteiger partial charge in [-0.1, -0.05) is 66.4 Å². The minimum atomic E-state index is -0.396. The standard InChI is InChI=1S/C30H32N6O2S/c1-39-30-32-18-24-17-26(22-5-3-2-4-6-22)28(33-29(24)34-30)23-9-7-21(8-10-23)19-35-13-11-25(12-14-35)36(15-16-37)20-27(31)38/h2-10,16-18,25H,11-15,19-20H2,1H3,(H2,31,38). The summed E-state index contributed by atoms with van der Waals surface area (Å²) in [5.74, 6) is -0.396. The fourth-order valence-electron chi connectivity index (χ4n) is 5.21. The van der Waals surface area contributed by atoms with Crippen molar-refractivity contribution in [3.8, 4) is 22.4 Å². The van der Waals surface area contributed by atoms with E-state index >= 15 is 0 Å². The van der Waals surface area contributed by atoms with Crippen LogP contribution in [-0.4, -0.2) is 75.4 Å². The molecule has 1 fully saturated rings. The maximum absolute atomic E-state index is 11.4. The Morgan fingerprint density at radius 3 is 2.49 bits per heavy atom. The number of hydrogen-bond acceptors (Lipinski definition) is 8. The number of carbonyl (C=O) groups is 2. The van der Waals surface area contributed by atoms with E-state index < -0.39 is 5.91 Å². The number of piperidine rings is 1. The van der Waals surface area contributed by atoms with Crippen molar-refractivity contribution >= 4 is 35.0 Å². The minimum Gasteiger partial charge on any atom is -0.369 e. The first-order valence-corrected chi connectivity index (χ1v) is 14.3. The number of carbonyl (C=O) groups excluding carboxylic acids is 2. The Hall–Kier alpha value is -3.66. The first-order chi connectivity index (χ1) is 19.0. The maximum atomic E-state index is 11.4. The number of nitrogens with zero attached hydrogens (tertiary/aromatic N) is 5. The molecule has 0 bridgehead atoms. The molecule has 0 radical (unpaired) electrons. The van der Waals surface area contributed by atoms with Crippen molar-refractivity contribution < 1.29 is 9.59 Å². The van der Waals surface area contributed by atoms with Crippen LogP contribution in [0, 0.1) is 0 Å². The lowest BCUT2D eigenvalue weighted by Gasteiger charge is -2.37. The van der Waals surface area contributed by atoms with E-state index in [2.05, 4.69) is 57.3 Å². The molecule has 5 rings (SSSR count). The quantitative estimate of drug-likeness (QED) is 0.183. The number of hydrogen-bond donors (Lipinski definition) is 1. The number of benzene rings is 2. The van der Waals surface area contributed by atoms with E-state index in [1.54, 1.807) is 0 Å². The zero-order valence-electron chi connectivity index (χ0n) is 22.0. The Morgan fingerprint density at radius 1 is 1.08 bits per heavy atom. The predicted octanol–water partition coefficient (Wildman–Crippen LogP) is 4.03. The molecule has 0 atom stereocenters. The number of likely N-dealkylation sites (tertiary alicyclic amines) is 1. The third kappa shape index (κ3) is 6.50. The molecule has 0 spiro atoms. The summed E-state index contributed by atoms with van der Waals surface area (Å²) in [4.78, 5) is 40.8. The minimum absolute atomic E-state index is 0.128. The SMILES string of the molecule is CSc1ncc2cc(-c3ccccc3)c(-c3ccc(CN4CCC(N(CC=O)CC(N)=O)CC4)cc3)nc2n1. The Labute approximate surface area is 232 Å². The van der Waals surface area contributed by atoms with Crippen LogP contribution in [0.2, 0.25) is 0 Å². The molecule has 2 aromatic heterocycles. The number of primary amides is 1. The highest BCUT2D eigenvalue weighted by atomic mass is 32.2. The van der Waals surface area contributed by atoms with Gasteiger partial charge in [-0.2, -0.15) is 0 Å². The Morgan fingerprint density at radius 2 is 1.82 bits per heavy atom. The number of pyridine rings is 1. The number of nitrogens with two attached hydrogens (primary N) is 1. The van der Waals surface area contributed by atoms with Gasteiger partial charge in [0, 0.05) is 35.3 Å². The zero-order valence-corrected chi connectivity index (χ0v) is 22.8. The molecule has 8 nitrogen and oxygen atoms in total. The summed E-state index contributed by atoms with van der Waals surface area (Å²) in [6.45, 7) is 3.03. The third-order valence-corrected chi connectivity index (χ3v) is 7.75. The lowest BCUT2D eigenvalue weighted by atomic mass is 9.97. The van der Waals surface area contributed by atoms with Gasteiger partial charge in [-0.3, -0.25) is 14.6 Å². The van der Waals surface area contributed by atoms with Gasteiger partial charge in [0.15, 0.2) is 10.8 Å². The van der Waals surface area contributed by atoms with Gasteiger partial charge in [0.05, 0.1) is 18.8 Å². The number of aldehydes is 1. The van der Waals surface area contributed by atoms with Gasteiger partial charge < -0.3 is 10.5 Å². The highest BCUT2D eigenvalue weighted by molar-refractivity contribution is 7.98. The molecule has 9 heteroatoms. The Kier molecular flexibility index (Phi) is 8.61. The van der Waals surface area contributed by atoms with Gasteiger partial charge >= 0.3 is 0 Å². The van der Waals surface area contributed by atoms with Crippen molar-refractivity contribution in [2.45, 2.75) is 30.6 Å². The number of aromatic nitrogens is 3. The Balaban J connectivity index is 1.34. The van der Waals surface area contributed by atoms with Crippen LogP contribution in [0.15, 0.2) is 72.0 Å². The number of rotatable bonds is 10. The smallest absolute Gasteiger partial charge is 0.231 e. The van der Waals surface area contributed by atoms with E-state index in [9.17, 15) is 9.59 Å². The molecular weight excluding hydrogens is 508 g/mol. The topological polar surface area (TPSA) is 105 Å². The van der Waals surface area contributed by atoms with E-state index in [1.807, 2.05) is 35.6 Å². The van der Waals surface area contributed by atoms with Crippen molar-refractivity contribution in [1.29, 1.82) is 0 Å². The second kappa shape index (κ2) is 12.5. The van der Waals surface area contributed by atoms with Gasteiger partial charge in [-0.15, -0.1) is 0 Å². The monoisotopic (exact) mass is 540 g/mol. The van der Waals surface area contributed by atoms with Gasteiger partial charge in [0.25, 0.3) is 0 Å². The van der Waals surface area contributed by atoms with E-state index in [1.165, 1.54) is 17.3 Å². The predicted molar refractivity (Wildman–Crippen MR) is 155 cm³/mol. The van der Waals surface area contributed by atoms with Crippen LogP contribution < -0.4 is 5.73 Å². The summed E-state index contributed by atoms with van der Waals surface area (Å²) in [5.41, 5.74) is 11.4. The zero-order chi connectivity index (χ0) is 27.2. The van der Waals surface area contributed by atoms with Crippen LogP contribution in [0.1, 0.15) is 18.4 Å². The lowest BCUT2D eigenvalue weighted by Crippen LogP contribution is -2.48. The molecular formula is C30H32N6O2S. The van der Waals surface area contributed by atoms with E-state index in [0.29, 0.717) is 10.8 Å².